The normalized spacial score (nSPS) is 10.2. The van der Waals surface area contributed by atoms with E-state index >= 15 is 0 Å². The molecule has 0 saturated heterocycles. The highest BCUT2D eigenvalue weighted by atomic mass is 35.5. The number of nitrogens with zero attached hydrogens (tertiary/aromatic N) is 1. The third kappa shape index (κ3) is 3.14. The number of furan rings is 1. The van der Waals surface area contributed by atoms with Crippen molar-refractivity contribution >= 4 is 17.3 Å². The summed E-state index contributed by atoms with van der Waals surface area (Å²) in [5, 5.41) is 0.741. The Morgan fingerprint density at radius 1 is 1.24 bits per heavy atom. The zero-order chi connectivity index (χ0) is 12.1. The minimum atomic E-state index is 0.723. The van der Waals surface area contributed by atoms with Crippen molar-refractivity contribution in [2.75, 3.05) is 11.4 Å². The number of hydrogen-bond donors (Lipinski definition) is 0. The van der Waals surface area contributed by atoms with E-state index in [1.54, 1.807) is 6.26 Å². The monoisotopic (exact) mass is 247 g/mol. The van der Waals surface area contributed by atoms with Gasteiger partial charge in [0.2, 0.25) is 0 Å². The Hall–Kier alpha value is -1.67. The molecular formula is C14H14ClNO. The molecule has 0 atom stereocenters. The van der Waals surface area contributed by atoms with Gasteiger partial charge in [0.15, 0.2) is 0 Å². The number of anilines is 1. The molecule has 0 N–H and O–H groups in total. The van der Waals surface area contributed by atoms with Crippen molar-refractivity contribution in [3.8, 4) is 0 Å². The molecule has 0 amide bonds. The fraction of sp³-hybridized carbons (Fsp3) is 0.143. The van der Waals surface area contributed by atoms with Crippen LogP contribution in [0.25, 0.3) is 0 Å². The van der Waals surface area contributed by atoms with Gasteiger partial charge in [0.1, 0.15) is 5.76 Å². The predicted octanol–water partition coefficient (Wildman–Crippen LogP) is 4.13. The van der Waals surface area contributed by atoms with Crippen LogP contribution >= 0.6 is 11.6 Å². The highest BCUT2D eigenvalue weighted by Gasteiger charge is 2.07. The number of benzene rings is 1. The number of halogens is 1. The smallest absolute Gasteiger partial charge is 0.123 e. The predicted molar refractivity (Wildman–Crippen MR) is 71.4 cm³/mol. The molecule has 0 radical (unpaired) electrons. The van der Waals surface area contributed by atoms with E-state index in [0.717, 1.165) is 29.6 Å². The van der Waals surface area contributed by atoms with Gasteiger partial charge in [-0.3, -0.25) is 0 Å². The van der Waals surface area contributed by atoms with Crippen LogP contribution in [0.3, 0.4) is 0 Å². The Morgan fingerprint density at radius 2 is 2.00 bits per heavy atom. The average molecular weight is 248 g/mol. The van der Waals surface area contributed by atoms with Crippen molar-refractivity contribution in [2.45, 2.75) is 6.54 Å². The fourth-order valence-electron chi connectivity index (χ4n) is 1.66. The molecule has 0 unspecified atom stereocenters. The van der Waals surface area contributed by atoms with E-state index in [2.05, 4.69) is 11.5 Å². The van der Waals surface area contributed by atoms with Crippen LogP contribution in [0, 0.1) is 0 Å². The Balaban J connectivity index is 2.16. The van der Waals surface area contributed by atoms with Crippen molar-refractivity contribution < 1.29 is 4.42 Å². The molecule has 0 fully saturated rings. The molecule has 2 nitrogen and oxygen atoms in total. The molecule has 1 aromatic heterocycles. The first kappa shape index (κ1) is 11.8. The SMILES string of the molecule is C=CCN(Cc1ccco1)c1ccc(Cl)cc1. The van der Waals surface area contributed by atoms with E-state index in [1.165, 1.54) is 0 Å². The molecule has 17 heavy (non-hydrogen) atoms. The molecule has 2 aromatic rings. The lowest BCUT2D eigenvalue weighted by Gasteiger charge is -2.22. The van der Waals surface area contributed by atoms with Crippen LogP contribution in [-0.4, -0.2) is 6.54 Å². The van der Waals surface area contributed by atoms with Gasteiger partial charge in [-0.25, -0.2) is 0 Å². The summed E-state index contributed by atoms with van der Waals surface area (Å²) in [5.41, 5.74) is 1.10. The standard InChI is InChI=1S/C14H14ClNO/c1-2-9-16(11-14-4-3-10-17-14)13-7-5-12(15)6-8-13/h2-8,10H,1,9,11H2. The summed E-state index contributed by atoms with van der Waals surface area (Å²) in [7, 11) is 0. The average Bonchev–Trinajstić information content (AvgIpc) is 2.82. The second-order valence-electron chi connectivity index (χ2n) is 3.72. The Labute approximate surface area is 106 Å². The lowest BCUT2D eigenvalue weighted by atomic mass is 10.2. The van der Waals surface area contributed by atoms with E-state index in [0.29, 0.717) is 0 Å². The van der Waals surface area contributed by atoms with Crippen LogP contribution in [0.1, 0.15) is 5.76 Å². The van der Waals surface area contributed by atoms with Crippen molar-refractivity contribution in [1.82, 2.24) is 0 Å². The van der Waals surface area contributed by atoms with Crippen molar-refractivity contribution in [2.24, 2.45) is 0 Å². The largest absolute Gasteiger partial charge is 0.467 e. The van der Waals surface area contributed by atoms with Crippen molar-refractivity contribution in [1.29, 1.82) is 0 Å². The first-order valence-corrected chi connectivity index (χ1v) is 5.81. The van der Waals surface area contributed by atoms with E-state index in [1.807, 2.05) is 42.5 Å². The van der Waals surface area contributed by atoms with Gasteiger partial charge in [-0.1, -0.05) is 17.7 Å². The summed E-state index contributed by atoms with van der Waals surface area (Å²) in [6.07, 6.45) is 3.56. The second kappa shape index (κ2) is 5.60. The molecule has 0 saturated carbocycles. The van der Waals surface area contributed by atoms with Crippen LogP contribution in [0.4, 0.5) is 5.69 Å². The number of hydrogen-bond acceptors (Lipinski definition) is 2. The van der Waals surface area contributed by atoms with Crippen LogP contribution in [0.2, 0.25) is 5.02 Å². The van der Waals surface area contributed by atoms with E-state index < -0.39 is 0 Å². The molecule has 0 spiro atoms. The van der Waals surface area contributed by atoms with Crippen molar-refractivity contribution in [3.05, 3.63) is 66.1 Å². The molecular weight excluding hydrogens is 234 g/mol. The Morgan fingerprint density at radius 3 is 2.59 bits per heavy atom. The lowest BCUT2D eigenvalue weighted by molar-refractivity contribution is 0.505. The van der Waals surface area contributed by atoms with Crippen molar-refractivity contribution in [3.63, 3.8) is 0 Å². The quantitative estimate of drug-likeness (QED) is 0.739. The third-order valence-electron chi connectivity index (χ3n) is 2.47. The summed E-state index contributed by atoms with van der Waals surface area (Å²) >= 11 is 5.88. The summed E-state index contributed by atoms with van der Waals surface area (Å²) in [6, 6.07) is 11.6. The van der Waals surface area contributed by atoms with Crippen LogP contribution in [-0.2, 0) is 6.54 Å². The minimum Gasteiger partial charge on any atom is -0.467 e. The maximum atomic E-state index is 5.88. The highest BCUT2D eigenvalue weighted by Crippen LogP contribution is 2.20. The van der Waals surface area contributed by atoms with Crippen LogP contribution < -0.4 is 4.90 Å². The zero-order valence-electron chi connectivity index (χ0n) is 9.47. The van der Waals surface area contributed by atoms with Gasteiger partial charge >= 0.3 is 0 Å². The number of rotatable bonds is 5. The zero-order valence-corrected chi connectivity index (χ0v) is 10.2. The van der Waals surface area contributed by atoms with Gasteiger partial charge < -0.3 is 9.32 Å². The topological polar surface area (TPSA) is 16.4 Å². The van der Waals surface area contributed by atoms with Gasteiger partial charge in [0, 0.05) is 17.3 Å². The van der Waals surface area contributed by atoms with E-state index in [4.69, 9.17) is 16.0 Å². The van der Waals surface area contributed by atoms with Gasteiger partial charge in [-0.15, -0.1) is 6.58 Å². The molecule has 0 aliphatic rings. The Kier molecular flexibility index (Phi) is 3.89. The maximum Gasteiger partial charge on any atom is 0.123 e. The van der Waals surface area contributed by atoms with Gasteiger partial charge in [0.25, 0.3) is 0 Å². The van der Waals surface area contributed by atoms with Crippen LogP contribution in [0.5, 0.6) is 0 Å². The summed E-state index contributed by atoms with van der Waals surface area (Å²) < 4.78 is 5.35. The third-order valence-corrected chi connectivity index (χ3v) is 2.72. The van der Waals surface area contributed by atoms with Gasteiger partial charge in [-0.2, -0.15) is 0 Å². The second-order valence-corrected chi connectivity index (χ2v) is 4.16. The van der Waals surface area contributed by atoms with Gasteiger partial charge in [-0.05, 0) is 36.4 Å². The molecule has 0 bridgehead atoms. The fourth-order valence-corrected chi connectivity index (χ4v) is 1.79. The molecule has 1 heterocycles. The molecule has 0 aliphatic carbocycles. The van der Waals surface area contributed by atoms with E-state index in [9.17, 15) is 0 Å². The molecule has 2 rings (SSSR count). The van der Waals surface area contributed by atoms with Crippen LogP contribution in [0.15, 0.2) is 59.7 Å². The highest BCUT2D eigenvalue weighted by molar-refractivity contribution is 6.30. The lowest BCUT2D eigenvalue weighted by Crippen LogP contribution is -2.22. The minimum absolute atomic E-state index is 0.723. The summed E-state index contributed by atoms with van der Waals surface area (Å²) in [6.45, 7) is 5.26. The molecule has 3 heteroatoms. The molecule has 0 aliphatic heterocycles. The summed E-state index contributed by atoms with van der Waals surface area (Å²) in [5.74, 6) is 0.932. The molecule has 88 valence electrons. The Bertz CT molecular complexity index is 461. The molecule has 1 aromatic carbocycles. The van der Waals surface area contributed by atoms with E-state index in [-0.39, 0.29) is 0 Å². The first-order valence-electron chi connectivity index (χ1n) is 5.43. The first-order chi connectivity index (χ1) is 8.29. The van der Waals surface area contributed by atoms with Gasteiger partial charge in [0.05, 0.1) is 12.8 Å². The maximum absolute atomic E-state index is 5.88. The summed E-state index contributed by atoms with van der Waals surface area (Å²) in [4.78, 5) is 2.17.